The van der Waals surface area contributed by atoms with Crippen LogP contribution >= 0.6 is 0 Å². The number of halogens is 1. The maximum absolute atomic E-state index is 12.9. The van der Waals surface area contributed by atoms with Crippen molar-refractivity contribution in [1.82, 2.24) is 9.97 Å². The van der Waals surface area contributed by atoms with Crippen LogP contribution in [0.2, 0.25) is 0 Å². The van der Waals surface area contributed by atoms with E-state index in [4.69, 9.17) is 14.2 Å². The molecule has 0 atom stereocenters. The van der Waals surface area contributed by atoms with Crippen molar-refractivity contribution >= 4 is 5.97 Å². The van der Waals surface area contributed by atoms with Crippen molar-refractivity contribution in [2.24, 2.45) is 0 Å². The van der Waals surface area contributed by atoms with Gasteiger partial charge in [0.05, 0.1) is 12.2 Å². The van der Waals surface area contributed by atoms with Crippen molar-refractivity contribution in [2.75, 3.05) is 6.61 Å². The number of aromatic nitrogens is 2. The number of benzene rings is 2. The second-order valence-electron chi connectivity index (χ2n) is 5.08. The minimum Gasteiger partial charge on any atom is -0.462 e. The van der Waals surface area contributed by atoms with Gasteiger partial charge in [0.2, 0.25) is 5.88 Å². The third-order valence-electron chi connectivity index (χ3n) is 3.20. The van der Waals surface area contributed by atoms with E-state index in [2.05, 4.69) is 9.97 Å². The molecule has 0 aliphatic carbocycles. The Bertz CT molecular complexity index is 900. The number of carbonyl (C=O) groups is 1. The molecular weight excluding hydrogens is 339 g/mol. The molecule has 1 aromatic heterocycles. The van der Waals surface area contributed by atoms with Crippen molar-refractivity contribution in [1.29, 1.82) is 0 Å². The molecule has 0 radical (unpaired) electrons. The van der Waals surface area contributed by atoms with E-state index in [1.807, 2.05) is 0 Å². The van der Waals surface area contributed by atoms with Crippen LogP contribution in [0.1, 0.15) is 17.3 Å². The predicted molar refractivity (Wildman–Crippen MR) is 91.0 cm³/mol. The molecule has 0 N–H and O–H groups in total. The van der Waals surface area contributed by atoms with Crippen LogP contribution in [-0.4, -0.2) is 22.5 Å². The third-order valence-corrected chi connectivity index (χ3v) is 3.20. The Morgan fingerprint density at radius 3 is 2.62 bits per heavy atom. The molecular formula is C19H15FN2O4. The lowest BCUT2D eigenvalue weighted by Gasteiger charge is -2.08. The normalized spacial score (nSPS) is 10.2. The van der Waals surface area contributed by atoms with Gasteiger partial charge in [-0.25, -0.2) is 14.2 Å². The van der Waals surface area contributed by atoms with E-state index in [9.17, 15) is 9.18 Å². The fourth-order valence-electron chi connectivity index (χ4n) is 2.06. The average Bonchev–Trinajstić information content (AvgIpc) is 2.64. The first-order chi connectivity index (χ1) is 12.6. The third kappa shape index (κ3) is 4.54. The largest absolute Gasteiger partial charge is 0.462 e. The Hall–Kier alpha value is -3.48. The molecule has 0 spiro atoms. The monoisotopic (exact) mass is 354 g/mol. The van der Waals surface area contributed by atoms with Gasteiger partial charge in [-0.15, -0.1) is 0 Å². The van der Waals surface area contributed by atoms with Gasteiger partial charge in [-0.2, -0.15) is 4.98 Å². The second kappa shape index (κ2) is 8.06. The molecule has 6 nitrogen and oxygen atoms in total. The number of hydrogen-bond acceptors (Lipinski definition) is 6. The molecule has 0 unspecified atom stereocenters. The highest BCUT2D eigenvalue weighted by Crippen LogP contribution is 2.24. The molecule has 2 aromatic carbocycles. The van der Waals surface area contributed by atoms with Gasteiger partial charge in [0.15, 0.2) is 0 Å². The molecule has 0 saturated carbocycles. The lowest BCUT2D eigenvalue weighted by Crippen LogP contribution is -2.04. The number of nitrogens with zero attached hydrogens (tertiary/aromatic N) is 2. The molecule has 0 amide bonds. The van der Waals surface area contributed by atoms with Gasteiger partial charge < -0.3 is 14.2 Å². The smallest absolute Gasteiger partial charge is 0.338 e. The number of hydrogen-bond donors (Lipinski definition) is 0. The Morgan fingerprint density at radius 1 is 1.04 bits per heavy atom. The fraction of sp³-hybridized carbons (Fsp3) is 0.105. The number of ether oxygens (including phenoxy) is 3. The molecule has 0 fully saturated rings. The summed E-state index contributed by atoms with van der Waals surface area (Å²) >= 11 is 0. The standard InChI is InChI=1S/C19H15FN2O4/c1-2-24-18(23)13-4-3-5-16(12-13)26-19-21-11-10-17(22-19)25-15-8-6-14(20)7-9-15/h3-12H,2H2,1H3. The van der Waals surface area contributed by atoms with Crippen LogP contribution in [0.5, 0.6) is 23.4 Å². The number of esters is 1. The lowest BCUT2D eigenvalue weighted by atomic mass is 10.2. The van der Waals surface area contributed by atoms with Crippen molar-refractivity contribution in [3.8, 4) is 23.4 Å². The summed E-state index contributed by atoms with van der Waals surface area (Å²) in [6.45, 7) is 2.02. The van der Waals surface area contributed by atoms with Gasteiger partial charge >= 0.3 is 12.0 Å². The first-order valence-corrected chi connectivity index (χ1v) is 7.85. The summed E-state index contributed by atoms with van der Waals surface area (Å²) in [4.78, 5) is 19.9. The van der Waals surface area contributed by atoms with E-state index in [1.54, 1.807) is 31.2 Å². The maximum Gasteiger partial charge on any atom is 0.338 e. The van der Waals surface area contributed by atoms with E-state index in [0.29, 0.717) is 17.1 Å². The van der Waals surface area contributed by atoms with Gasteiger partial charge in [-0.3, -0.25) is 0 Å². The van der Waals surface area contributed by atoms with Gasteiger partial charge in [0.1, 0.15) is 17.3 Å². The maximum atomic E-state index is 12.9. The molecule has 132 valence electrons. The molecule has 0 saturated heterocycles. The van der Waals surface area contributed by atoms with Crippen LogP contribution in [0.3, 0.4) is 0 Å². The van der Waals surface area contributed by atoms with E-state index in [-0.39, 0.29) is 24.3 Å². The summed E-state index contributed by atoms with van der Waals surface area (Å²) < 4.78 is 29.0. The quantitative estimate of drug-likeness (QED) is 0.612. The first-order valence-electron chi connectivity index (χ1n) is 7.85. The zero-order valence-corrected chi connectivity index (χ0v) is 13.9. The van der Waals surface area contributed by atoms with Crippen molar-refractivity contribution in [3.05, 3.63) is 72.2 Å². The Kier molecular flexibility index (Phi) is 5.38. The lowest BCUT2D eigenvalue weighted by molar-refractivity contribution is 0.0526. The molecule has 0 bridgehead atoms. The van der Waals surface area contributed by atoms with Crippen LogP contribution in [0, 0.1) is 5.82 Å². The van der Waals surface area contributed by atoms with E-state index < -0.39 is 5.97 Å². The topological polar surface area (TPSA) is 70.5 Å². The Morgan fingerprint density at radius 2 is 1.85 bits per heavy atom. The summed E-state index contributed by atoms with van der Waals surface area (Å²) in [5.74, 6) is 0.260. The minimum absolute atomic E-state index is 0.0469. The van der Waals surface area contributed by atoms with Crippen molar-refractivity contribution < 1.29 is 23.4 Å². The van der Waals surface area contributed by atoms with E-state index in [0.717, 1.165) is 0 Å². The van der Waals surface area contributed by atoms with Crippen LogP contribution < -0.4 is 9.47 Å². The molecule has 1 heterocycles. The predicted octanol–water partition coefficient (Wildman–Crippen LogP) is 4.38. The average molecular weight is 354 g/mol. The Labute approximate surface area is 149 Å². The zero-order chi connectivity index (χ0) is 18.4. The zero-order valence-electron chi connectivity index (χ0n) is 13.9. The fourth-order valence-corrected chi connectivity index (χ4v) is 2.06. The second-order valence-corrected chi connectivity index (χ2v) is 5.08. The molecule has 7 heteroatoms. The van der Waals surface area contributed by atoms with Crippen molar-refractivity contribution in [2.45, 2.75) is 6.92 Å². The highest BCUT2D eigenvalue weighted by Gasteiger charge is 2.09. The summed E-state index contributed by atoms with van der Waals surface area (Å²) in [7, 11) is 0. The van der Waals surface area contributed by atoms with Gasteiger partial charge in [0, 0.05) is 12.3 Å². The van der Waals surface area contributed by atoms with Gasteiger partial charge in [-0.05, 0) is 49.4 Å². The molecule has 26 heavy (non-hydrogen) atoms. The minimum atomic E-state index is -0.438. The van der Waals surface area contributed by atoms with Crippen molar-refractivity contribution in [3.63, 3.8) is 0 Å². The molecule has 3 aromatic rings. The number of rotatable bonds is 6. The first kappa shape index (κ1) is 17.3. The molecule has 0 aliphatic rings. The van der Waals surface area contributed by atoms with E-state index in [1.165, 1.54) is 36.5 Å². The molecule has 0 aliphatic heterocycles. The van der Waals surface area contributed by atoms with Crippen LogP contribution in [0.25, 0.3) is 0 Å². The molecule has 3 rings (SSSR count). The van der Waals surface area contributed by atoms with Gasteiger partial charge in [0.25, 0.3) is 0 Å². The summed E-state index contributed by atoms with van der Waals surface area (Å²) in [5, 5.41) is 0. The van der Waals surface area contributed by atoms with Crippen LogP contribution in [0.4, 0.5) is 4.39 Å². The van der Waals surface area contributed by atoms with E-state index >= 15 is 0 Å². The SMILES string of the molecule is CCOC(=O)c1cccc(Oc2nccc(Oc3ccc(F)cc3)n2)c1. The summed E-state index contributed by atoms with van der Waals surface area (Å²) in [6, 6.07) is 13.6. The highest BCUT2D eigenvalue weighted by molar-refractivity contribution is 5.89. The summed E-state index contributed by atoms with van der Waals surface area (Å²) in [5.41, 5.74) is 0.364. The number of carbonyl (C=O) groups excluding carboxylic acids is 1. The van der Waals surface area contributed by atoms with Crippen LogP contribution in [-0.2, 0) is 4.74 Å². The highest BCUT2D eigenvalue weighted by atomic mass is 19.1. The Balaban J connectivity index is 1.73. The van der Waals surface area contributed by atoms with Gasteiger partial charge in [-0.1, -0.05) is 6.07 Å². The van der Waals surface area contributed by atoms with Crippen LogP contribution in [0.15, 0.2) is 60.8 Å². The summed E-state index contributed by atoms with van der Waals surface area (Å²) in [6.07, 6.45) is 1.47.